The van der Waals surface area contributed by atoms with Gasteiger partial charge in [-0.05, 0) is 73.5 Å². The molecular formula is C50H82N2O4. The summed E-state index contributed by atoms with van der Waals surface area (Å²) in [5, 5.41) is 6.92. The Bertz CT molecular complexity index is 1130. The van der Waals surface area contributed by atoms with E-state index in [1.807, 2.05) is 24.3 Å². The van der Waals surface area contributed by atoms with Crippen LogP contribution in [0.25, 0.3) is 0 Å². The van der Waals surface area contributed by atoms with Crippen molar-refractivity contribution < 1.29 is 19.1 Å². The van der Waals surface area contributed by atoms with Gasteiger partial charge in [-0.3, -0.25) is 0 Å². The Morgan fingerprint density at radius 1 is 0.393 bits per heavy atom. The van der Waals surface area contributed by atoms with Gasteiger partial charge in [0.2, 0.25) is 0 Å². The Kier molecular flexibility index (Phi) is 31.5. The highest BCUT2D eigenvalue weighted by atomic mass is 16.5. The number of rotatable bonds is 38. The molecule has 0 radical (unpaired) electrons. The molecule has 0 heterocycles. The van der Waals surface area contributed by atoms with Crippen LogP contribution in [0.1, 0.15) is 214 Å². The Morgan fingerprint density at radius 2 is 0.643 bits per heavy atom. The molecule has 6 nitrogen and oxygen atoms in total. The normalized spacial score (nSPS) is 11.2. The molecule has 56 heavy (non-hydrogen) atoms. The monoisotopic (exact) mass is 775 g/mol. The van der Waals surface area contributed by atoms with Crippen LogP contribution in [0.15, 0.2) is 60.7 Å². The minimum Gasteiger partial charge on any atom is -0.458 e. The first-order valence-corrected chi connectivity index (χ1v) is 23.3. The zero-order valence-corrected chi connectivity index (χ0v) is 36.0. The van der Waals surface area contributed by atoms with E-state index < -0.39 is 0 Å². The lowest BCUT2D eigenvalue weighted by Crippen LogP contribution is -2.07. The number of hydrogen-bond acceptors (Lipinski definition) is 6. The number of benzene rings is 2. The van der Waals surface area contributed by atoms with E-state index in [9.17, 15) is 9.59 Å². The molecule has 0 atom stereocenters. The van der Waals surface area contributed by atoms with Gasteiger partial charge < -0.3 is 20.1 Å². The fourth-order valence-corrected chi connectivity index (χ4v) is 7.10. The lowest BCUT2D eigenvalue weighted by atomic mass is 10.0. The van der Waals surface area contributed by atoms with E-state index in [0.717, 1.165) is 37.3 Å². The van der Waals surface area contributed by atoms with E-state index in [1.54, 1.807) is 36.4 Å². The quantitative estimate of drug-likeness (QED) is 0.0402. The van der Waals surface area contributed by atoms with Crippen LogP contribution in [0, 0.1) is 0 Å². The third-order valence-corrected chi connectivity index (χ3v) is 10.7. The maximum Gasteiger partial charge on any atom is 0.338 e. The molecule has 2 N–H and O–H groups in total. The number of carbonyl (C=O) groups is 2. The van der Waals surface area contributed by atoms with Crippen LogP contribution >= 0.6 is 0 Å². The Balaban J connectivity index is 1.42. The van der Waals surface area contributed by atoms with Crippen molar-refractivity contribution in [1.29, 1.82) is 0 Å². The van der Waals surface area contributed by atoms with Gasteiger partial charge in [-0.15, -0.1) is 0 Å². The van der Waals surface area contributed by atoms with Crippen molar-refractivity contribution in [3.8, 4) is 0 Å². The van der Waals surface area contributed by atoms with Gasteiger partial charge in [0, 0.05) is 24.5 Å². The molecule has 0 saturated heterocycles. The topological polar surface area (TPSA) is 76.7 Å². The number of ether oxygens (including phenoxy) is 2. The van der Waals surface area contributed by atoms with Gasteiger partial charge in [0.05, 0.1) is 11.1 Å². The van der Waals surface area contributed by atoms with Crippen molar-refractivity contribution >= 4 is 23.3 Å². The van der Waals surface area contributed by atoms with Crippen LogP contribution in [0.4, 0.5) is 11.4 Å². The van der Waals surface area contributed by atoms with Crippen LogP contribution in [0.5, 0.6) is 0 Å². The summed E-state index contributed by atoms with van der Waals surface area (Å²) in [4.78, 5) is 24.9. The summed E-state index contributed by atoms with van der Waals surface area (Å²) in [7, 11) is 0. The van der Waals surface area contributed by atoms with Crippen molar-refractivity contribution in [2.45, 2.75) is 194 Å². The van der Waals surface area contributed by atoms with Crippen LogP contribution in [0.3, 0.4) is 0 Å². The van der Waals surface area contributed by atoms with Crippen LogP contribution in [-0.4, -0.2) is 38.2 Å². The largest absolute Gasteiger partial charge is 0.458 e. The van der Waals surface area contributed by atoms with E-state index in [4.69, 9.17) is 9.47 Å². The summed E-state index contributed by atoms with van der Waals surface area (Å²) < 4.78 is 10.7. The lowest BCUT2D eigenvalue weighted by molar-refractivity contribution is 0.0527. The molecule has 0 amide bonds. The molecule has 316 valence electrons. The second-order valence-electron chi connectivity index (χ2n) is 15.9. The van der Waals surface area contributed by atoms with E-state index in [-0.39, 0.29) is 25.2 Å². The van der Waals surface area contributed by atoms with Gasteiger partial charge in [-0.1, -0.05) is 181 Å². The molecule has 0 saturated carbocycles. The minimum atomic E-state index is -0.372. The van der Waals surface area contributed by atoms with E-state index in [1.165, 1.54) is 167 Å². The first-order valence-electron chi connectivity index (χ1n) is 23.3. The second-order valence-corrected chi connectivity index (χ2v) is 15.9. The van der Waals surface area contributed by atoms with Crippen molar-refractivity contribution in [2.24, 2.45) is 0 Å². The molecule has 2 rings (SSSR count). The smallest absolute Gasteiger partial charge is 0.338 e. The SMILES string of the molecule is CCCCCCCCCCCCCCCCNc1ccc(C(=O)OC/C=C/COC(=O)c2ccc(NCCCCCCCCCCCCCCCC)cc2)cc1. The highest BCUT2D eigenvalue weighted by Crippen LogP contribution is 2.16. The molecule has 2 aromatic rings. The predicted molar refractivity (Wildman–Crippen MR) is 240 cm³/mol. The molecule has 0 aromatic heterocycles. The number of carbonyl (C=O) groups excluding carboxylic acids is 2. The fraction of sp³-hybridized carbons (Fsp3) is 0.680. The molecule has 0 unspecified atom stereocenters. The zero-order chi connectivity index (χ0) is 40.0. The zero-order valence-electron chi connectivity index (χ0n) is 36.0. The molecular weight excluding hydrogens is 693 g/mol. The number of anilines is 2. The molecule has 0 aliphatic rings. The molecule has 0 fully saturated rings. The highest BCUT2D eigenvalue weighted by Gasteiger charge is 2.08. The Hall–Kier alpha value is -3.28. The lowest BCUT2D eigenvalue weighted by Gasteiger charge is -2.08. The minimum absolute atomic E-state index is 0.120. The summed E-state index contributed by atoms with van der Waals surface area (Å²) in [5.41, 5.74) is 3.07. The van der Waals surface area contributed by atoms with Crippen molar-refractivity contribution in [1.82, 2.24) is 0 Å². The standard InChI is InChI=1S/C50H82N2O4/c1-3-5-7-9-11-13-15-17-19-21-23-25-27-29-41-51-47-37-33-45(34-38-47)49(53)55-43-31-32-44-56-50(54)46-35-39-48(40-36-46)52-42-30-28-26-24-22-20-18-16-14-12-10-8-6-4-2/h31-40,51-52H,3-30,41-44H2,1-2H3/b32-31+. The van der Waals surface area contributed by atoms with Crippen molar-refractivity contribution in [3.63, 3.8) is 0 Å². The average molecular weight is 775 g/mol. The van der Waals surface area contributed by atoms with Crippen LogP contribution < -0.4 is 10.6 Å². The van der Waals surface area contributed by atoms with E-state index in [2.05, 4.69) is 24.5 Å². The second kappa shape index (κ2) is 36.1. The fourth-order valence-electron chi connectivity index (χ4n) is 7.10. The molecule has 0 aliphatic carbocycles. The maximum absolute atomic E-state index is 12.5. The summed E-state index contributed by atoms with van der Waals surface area (Å²) in [6, 6.07) is 14.9. The molecule has 0 spiro atoms. The third kappa shape index (κ3) is 27.3. The molecule has 6 heteroatoms. The molecule has 0 bridgehead atoms. The van der Waals surface area contributed by atoms with Gasteiger partial charge in [-0.25, -0.2) is 9.59 Å². The van der Waals surface area contributed by atoms with Gasteiger partial charge in [0.1, 0.15) is 13.2 Å². The number of hydrogen-bond donors (Lipinski definition) is 2. The third-order valence-electron chi connectivity index (χ3n) is 10.7. The molecule has 2 aromatic carbocycles. The van der Waals surface area contributed by atoms with Crippen LogP contribution in [-0.2, 0) is 9.47 Å². The number of esters is 2. The Labute approximate surface area is 343 Å². The predicted octanol–water partition coefficient (Wildman–Crippen LogP) is 15.0. The van der Waals surface area contributed by atoms with Crippen LogP contribution in [0.2, 0.25) is 0 Å². The van der Waals surface area contributed by atoms with Gasteiger partial charge >= 0.3 is 11.9 Å². The summed E-state index contributed by atoms with van der Waals surface area (Å²) >= 11 is 0. The number of unbranched alkanes of at least 4 members (excludes halogenated alkanes) is 26. The first kappa shape index (κ1) is 48.9. The first-order chi connectivity index (χ1) is 27.6. The van der Waals surface area contributed by atoms with Gasteiger partial charge in [0.25, 0.3) is 0 Å². The highest BCUT2D eigenvalue weighted by molar-refractivity contribution is 5.90. The van der Waals surface area contributed by atoms with E-state index in [0.29, 0.717) is 11.1 Å². The summed E-state index contributed by atoms with van der Waals surface area (Å²) in [5.74, 6) is -0.744. The Morgan fingerprint density at radius 3 is 0.911 bits per heavy atom. The molecule has 0 aliphatic heterocycles. The summed E-state index contributed by atoms with van der Waals surface area (Å²) in [6.45, 7) is 6.69. The summed E-state index contributed by atoms with van der Waals surface area (Å²) in [6.07, 6.45) is 41.5. The van der Waals surface area contributed by atoms with Gasteiger partial charge in [-0.2, -0.15) is 0 Å². The average Bonchev–Trinajstić information content (AvgIpc) is 3.22. The van der Waals surface area contributed by atoms with Crippen molar-refractivity contribution in [3.05, 3.63) is 71.8 Å². The van der Waals surface area contributed by atoms with Gasteiger partial charge in [0.15, 0.2) is 0 Å². The van der Waals surface area contributed by atoms with Crippen molar-refractivity contribution in [2.75, 3.05) is 36.9 Å². The maximum atomic E-state index is 12.5. The number of nitrogens with one attached hydrogen (secondary N) is 2. The van der Waals surface area contributed by atoms with E-state index >= 15 is 0 Å².